The molecule has 0 saturated carbocycles. The lowest BCUT2D eigenvalue weighted by Gasteiger charge is -2.16. The van der Waals surface area contributed by atoms with Gasteiger partial charge in [-0.1, -0.05) is 17.7 Å². The number of benzene rings is 1. The van der Waals surface area contributed by atoms with E-state index in [0.29, 0.717) is 5.56 Å². The van der Waals surface area contributed by atoms with Gasteiger partial charge >= 0.3 is 6.18 Å². The standard InChI is InChI=1S/C10H11ClF3NO/c1-15-9(5-16)6-2-3-8(11)7(4-6)10(12,13)14/h2-4,9,15-16H,5H2,1H3/t9-/m1/s1. The zero-order valence-corrected chi connectivity index (χ0v) is 9.23. The maximum Gasteiger partial charge on any atom is 0.417 e. The molecular formula is C10H11ClF3NO. The topological polar surface area (TPSA) is 32.3 Å². The fourth-order valence-electron chi connectivity index (χ4n) is 1.34. The van der Waals surface area contributed by atoms with Crippen molar-refractivity contribution >= 4 is 11.6 Å². The van der Waals surface area contributed by atoms with Gasteiger partial charge in [0.05, 0.1) is 23.2 Å². The van der Waals surface area contributed by atoms with Crippen LogP contribution in [0.15, 0.2) is 18.2 Å². The molecule has 0 amide bonds. The van der Waals surface area contributed by atoms with Gasteiger partial charge in [-0.2, -0.15) is 13.2 Å². The highest BCUT2D eigenvalue weighted by atomic mass is 35.5. The molecule has 0 radical (unpaired) electrons. The van der Waals surface area contributed by atoms with Crippen molar-refractivity contribution in [2.45, 2.75) is 12.2 Å². The van der Waals surface area contributed by atoms with E-state index in [0.717, 1.165) is 6.07 Å². The lowest BCUT2D eigenvalue weighted by Crippen LogP contribution is -2.20. The van der Waals surface area contributed by atoms with E-state index in [2.05, 4.69) is 5.32 Å². The van der Waals surface area contributed by atoms with Crippen LogP contribution in [0.4, 0.5) is 13.2 Å². The van der Waals surface area contributed by atoms with E-state index in [1.54, 1.807) is 7.05 Å². The van der Waals surface area contributed by atoms with Gasteiger partial charge in [-0.05, 0) is 24.7 Å². The van der Waals surface area contributed by atoms with Gasteiger partial charge in [-0.25, -0.2) is 0 Å². The monoisotopic (exact) mass is 253 g/mol. The molecule has 90 valence electrons. The van der Waals surface area contributed by atoms with Crippen LogP contribution in [-0.2, 0) is 6.18 Å². The number of alkyl halides is 3. The van der Waals surface area contributed by atoms with Crippen molar-refractivity contribution in [2.75, 3.05) is 13.7 Å². The molecule has 6 heteroatoms. The van der Waals surface area contributed by atoms with Gasteiger partial charge in [-0.3, -0.25) is 0 Å². The molecule has 2 N–H and O–H groups in total. The van der Waals surface area contributed by atoms with E-state index in [1.165, 1.54) is 12.1 Å². The van der Waals surface area contributed by atoms with Crippen molar-refractivity contribution in [3.8, 4) is 0 Å². The van der Waals surface area contributed by atoms with Crippen molar-refractivity contribution in [2.24, 2.45) is 0 Å². The number of hydrogen-bond donors (Lipinski definition) is 2. The summed E-state index contributed by atoms with van der Waals surface area (Å²) >= 11 is 5.47. The molecule has 1 aromatic carbocycles. The first-order valence-corrected chi connectivity index (χ1v) is 4.92. The Bertz CT molecular complexity index is 364. The molecule has 0 spiro atoms. The van der Waals surface area contributed by atoms with Crippen LogP contribution >= 0.6 is 11.6 Å². The highest BCUT2D eigenvalue weighted by molar-refractivity contribution is 6.31. The van der Waals surface area contributed by atoms with E-state index < -0.39 is 17.8 Å². The zero-order valence-electron chi connectivity index (χ0n) is 8.48. The molecule has 0 aromatic heterocycles. The molecule has 0 saturated heterocycles. The van der Waals surface area contributed by atoms with Crippen molar-refractivity contribution in [3.05, 3.63) is 34.3 Å². The van der Waals surface area contributed by atoms with Gasteiger partial charge in [-0.15, -0.1) is 0 Å². The SMILES string of the molecule is CN[C@H](CO)c1ccc(Cl)c(C(F)(F)F)c1. The molecular weight excluding hydrogens is 243 g/mol. The summed E-state index contributed by atoms with van der Waals surface area (Å²) in [5.41, 5.74) is -0.540. The Balaban J connectivity index is 3.17. The average molecular weight is 254 g/mol. The lowest BCUT2D eigenvalue weighted by atomic mass is 10.0. The van der Waals surface area contributed by atoms with Crippen molar-refractivity contribution in [1.29, 1.82) is 0 Å². The molecule has 0 heterocycles. The second kappa shape index (κ2) is 5.03. The minimum atomic E-state index is -4.49. The number of aliphatic hydroxyl groups excluding tert-OH is 1. The Kier molecular flexibility index (Phi) is 4.18. The van der Waals surface area contributed by atoms with Crippen LogP contribution in [0.1, 0.15) is 17.2 Å². The Morgan fingerprint density at radius 2 is 2.06 bits per heavy atom. The molecule has 0 aliphatic carbocycles. The third-order valence-electron chi connectivity index (χ3n) is 2.23. The van der Waals surface area contributed by atoms with Crippen LogP contribution in [-0.4, -0.2) is 18.8 Å². The maximum atomic E-state index is 12.5. The Hall–Kier alpha value is -0.780. The molecule has 0 fully saturated rings. The minimum Gasteiger partial charge on any atom is -0.394 e. The predicted molar refractivity (Wildman–Crippen MR) is 55.3 cm³/mol. The van der Waals surface area contributed by atoms with Crippen molar-refractivity contribution in [1.82, 2.24) is 5.32 Å². The van der Waals surface area contributed by atoms with E-state index in [1.807, 2.05) is 0 Å². The quantitative estimate of drug-likeness (QED) is 0.868. The number of halogens is 4. The second-order valence-corrected chi connectivity index (χ2v) is 3.67. The molecule has 1 aromatic rings. The molecule has 2 nitrogen and oxygen atoms in total. The third-order valence-corrected chi connectivity index (χ3v) is 2.56. The second-order valence-electron chi connectivity index (χ2n) is 3.26. The summed E-state index contributed by atoms with van der Waals surface area (Å²) in [4.78, 5) is 0. The van der Waals surface area contributed by atoms with Crippen molar-refractivity contribution in [3.63, 3.8) is 0 Å². The maximum absolute atomic E-state index is 12.5. The predicted octanol–water partition coefficient (Wildman–Crippen LogP) is 2.61. The van der Waals surface area contributed by atoms with E-state index >= 15 is 0 Å². The third kappa shape index (κ3) is 2.87. The highest BCUT2D eigenvalue weighted by Crippen LogP contribution is 2.35. The van der Waals surface area contributed by atoms with Crippen LogP contribution in [0.5, 0.6) is 0 Å². The first-order chi connectivity index (χ1) is 7.40. The number of likely N-dealkylation sites (N-methyl/N-ethyl adjacent to an activating group) is 1. The van der Waals surface area contributed by atoms with Gasteiger partial charge in [0.15, 0.2) is 0 Å². The van der Waals surface area contributed by atoms with Gasteiger partial charge < -0.3 is 10.4 Å². The summed E-state index contributed by atoms with van der Waals surface area (Å²) in [5.74, 6) is 0. The molecule has 0 aliphatic rings. The average Bonchev–Trinajstić information content (AvgIpc) is 2.20. The van der Waals surface area contributed by atoms with Gasteiger partial charge in [0.1, 0.15) is 0 Å². The van der Waals surface area contributed by atoms with Crippen LogP contribution in [0.3, 0.4) is 0 Å². The largest absolute Gasteiger partial charge is 0.417 e. The molecule has 0 aliphatic heterocycles. The van der Waals surface area contributed by atoms with Gasteiger partial charge in [0.2, 0.25) is 0 Å². The van der Waals surface area contributed by atoms with E-state index in [4.69, 9.17) is 16.7 Å². The van der Waals surface area contributed by atoms with Crippen LogP contribution in [0.25, 0.3) is 0 Å². The summed E-state index contributed by atoms with van der Waals surface area (Å²) in [6.07, 6.45) is -4.49. The summed E-state index contributed by atoms with van der Waals surface area (Å²) in [7, 11) is 1.56. The molecule has 1 rings (SSSR count). The van der Waals surface area contributed by atoms with Crippen LogP contribution < -0.4 is 5.32 Å². The van der Waals surface area contributed by atoms with Crippen LogP contribution in [0.2, 0.25) is 5.02 Å². The van der Waals surface area contributed by atoms with Gasteiger partial charge in [0, 0.05) is 0 Å². The molecule has 0 bridgehead atoms. The highest BCUT2D eigenvalue weighted by Gasteiger charge is 2.33. The zero-order chi connectivity index (χ0) is 12.3. The normalized spacial score (nSPS) is 13.9. The fraction of sp³-hybridized carbons (Fsp3) is 0.400. The first-order valence-electron chi connectivity index (χ1n) is 4.55. The summed E-state index contributed by atoms with van der Waals surface area (Å²) < 4.78 is 37.6. The fourth-order valence-corrected chi connectivity index (χ4v) is 1.56. The van der Waals surface area contributed by atoms with Crippen molar-refractivity contribution < 1.29 is 18.3 Å². The Morgan fingerprint density at radius 3 is 2.50 bits per heavy atom. The first kappa shape index (κ1) is 13.3. The number of nitrogens with one attached hydrogen (secondary N) is 1. The summed E-state index contributed by atoms with van der Waals surface area (Å²) in [6.45, 7) is -0.282. The number of rotatable bonds is 3. The van der Waals surface area contributed by atoms with Crippen LogP contribution in [0, 0.1) is 0 Å². The molecule has 16 heavy (non-hydrogen) atoms. The smallest absolute Gasteiger partial charge is 0.394 e. The number of hydrogen-bond acceptors (Lipinski definition) is 2. The van der Waals surface area contributed by atoms with Gasteiger partial charge in [0.25, 0.3) is 0 Å². The lowest BCUT2D eigenvalue weighted by molar-refractivity contribution is -0.137. The molecule has 1 atom stereocenters. The Labute approximate surface area is 96.0 Å². The minimum absolute atomic E-state index is 0.282. The molecule has 0 unspecified atom stereocenters. The number of aliphatic hydroxyl groups is 1. The summed E-state index contributed by atoms with van der Waals surface area (Å²) in [6, 6.07) is 3.05. The Morgan fingerprint density at radius 1 is 1.44 bits per heavy atom. The summed E-state index contributed by atoms with van der Waals surface area (Å²) in [5, 5.41) is 11.3. The van der Waals surface area contributed by atoms with E-state index in [9.17, 15) is 13.2 Å². The van der Waals surface area contributed by atoms with E-state index in [-0.39, 0.29) is 11.6 Å².